The van der Waals surface area contributed by atoms with Crippen LogP contribution in [0.3, 0.4) is 0 Å². The highest BCUT2D eigenvalue weighted by Crippen LogP contribution is 2.50. The third-order valence-electron chi connectivity index (χ3n) is 11.5. The molecule has 2 aliphatic carbocycles. The molecule has 0 radical (unpaired) electrons. The molecule has 6 rings (SSSR count). The highest BCUT2D eigenvalue weighted by molar-refractivity contribution is 7.90. The van der Waals surface area contributed by atoms with Gasteiger partial charge in [-0.05, 0) is 123 Å². The fraction of sp³-hybridized carbons (Fsp3) is 0.605. The minimum atomic E-state index is -3.94. The molecule has 262 valence electrons. The molecule has 6 atom stereocenters. The number of benzene rings is 2. The number of anilines is 1. The quantitative estimate of drug-likeness (QED) is 0.327. The van der Waals surface area contributed by atoms with Crippen molar-refractivity contribution in [3.63, 3.8) is 0 Å². The number of methoxy groups -OCH3 is 2. The van der Waals surface area contributed by atoms with Crippen molar-refractivity contribution in [2.24, 2.45) is 23.7 Å². The molecule has 2 heterocycles. The van der Waals surface area contributed by atoms with Crippen molar-refractivity contribution in [2.75, 3.05) is 32.2 Å². The number of carbonyl (C=O) groups excluding carboxylic acids is 1. The topological polar surface area (TPSA) is 94.2 Å². The van der Waals surface area contributed by atoms with Crippen molar-refractivity contribution in [2.45, 2.75) is 95.2 Å². The number of fused-ring (bicyclic) bond motifs is 3. The summed E-state index contributed by atoms with van der Waals surface area (Å²) in [6, 6.07) is 11.2. The molecule has 2 aromatic rings. The lowest BCUT2D eigenvalue weighted by molar-refractivity contribution is -0.106. The smallest absolute Gasteiger partial charge is 0.264 e. The number of carbonyl (C=O) groups is 1. The van der Waals surface area contributed by atoms with Gasteiger partial charge in [-0.2, -0.15) is 0 Å². The second-order valence-corrected chi connectivity index (χ2v) is 17.0. The fourth-order valence-corrected chi connectivity index (χ4v) is 9.40. The van der Waals surface area contributed by atoms with Crippen LogP contribution in [0, 0.1) is 23.7 Å². The molecule has 0 saturated heterocycles. The van der Waals surface area contributed by atoms with Gasteiger partial charge < -0.3 is 19.1 Å². The summed E-state index contributed by atoms with van der Waals surface area (Å²) in [6.45, 7) is 5.51. The highest BCUT2D eigenvalue weighted by atomic mass is 35.5. The van der Waals surface area contributed by atoms with Gasteiger partial charge in [0.2, 0.25) is 10.0 Å². The molecule has 10 heteroatoms. The van der Waals surface area contributed by atoms with E-state index >= 15 is 0 Å². The Balaban J connectivity index is 1.41. The van der Waals surface area contributed by atoms with E-state index in [-0.39, 0.29) is 17.9 Å². The Bertz CT molecular complexity index is 1610. The first-order valence-corrected chi connectivity index (χ1v) is 19.6. The number of sulfonamides is 1. The number of ether oxygens (including phenoxy) is 3. The van der Waals surface area contributed by atoms with E-state index in [1.807, 2.05) is 51.5 Å². The predicted molar refractivity (Wildman–Crippen MR) is 190 cm³/mol. The molecule has 2 bridgehead atoms. The fourth-order valence-electron chi connectivity index (χ4n) is 7.92. The zero-order chi connectivity index (χ0) is 34.1. The van der Waals surface area contributed by atoms with E-state index in [1.54, 1.807) is 13.0 Å². The van der Waals surface area contributed by atoms with E-state index in [2.05, 4.69) is 21.8 Å². The van der Waals surface area contributed by atoms with Gasteiger partial charge in [0.05, 0.1) is 22.6 Å². The Kier molecular flexibility index (Phi) is 10.8. The summed E-state index contributed by atoms with van der Waals surface area (Å²) < 4.78 is 48.5. The number of nitrogens with one attached hydrogen (secondary N) is 1. The minimum Gasteiger partial charge on any atom is -0.487 e. The Morgan fingerprint density at radius 1 is 1.06 bits per heavy atom. The largest absolute Gasteiger partial charge is 0.487 e. The molecule has 2 fully saturated rings. The number of amides is 1. The first kappa shape index (κ1) is 35.2. The van der Waals surface area contributed by atoms with Gasteiger partial charge in [0, 0.05) is 44.3 Å². The van der Waals surface area contributed by atoms with Crippen molar-refractivity contribution in [1.29, 1.82) is 0 Å². The van der Waals surface area contributed by atoms with Crippen molar-refractivity contribution in [1.82, 2.24) is 4.72 Å². The van der Waals surface area contributed by atoms with Crippen LogP contribution >= 0.6 is 11.6 Å². The van der Waals surface area contributed by atoms with E-state index in [4.69, 9.17) is 25.8 Å². The van der Waals surface area contributed by atoms with Gasteiger partial charge >= 0.3 is 0 Å². The number of hydrogen-bond acceptors (Lipinski definition) is 7. The Labute approximate surface area is 291 Å². The van der Waals surface area contributed by atoms with Crippen molar-refractivity contribution in [3.05, 3.63) is 70.3 Å². The highest BCUT2D eigenvalue weighted by Gasteiger charge is 2.50. The van der Waals surface area contributed by atoms with Crippen LogP contribution in [-0.4, -0.2) is 58.6 Å². The number of halogens is 1. The summed E-state index contributed by atoms with van der Waals surface area (Å²) in [4.78, 5) is 15.9. The van der Waals surface area contributed by atoms with Crippen molar-refractivity contribution < 1.29 is 27.4 Å². The summed E-state index contributed by atoms with van der Waals surface area (Å²) in [5.41, 5.74) is 2.84. The normalized spacial score (nSPS) is 30.7. The minimum absolute atomic E-state index is 0.109. The predicted octanol–water partition coefficient (Wildman–Crippen LogP) is 7.33. The van der Waals surface area contributed by atoms with Gasteiger partial charge in [-0.3, -0.25) is 4.79 Å². The monoisotopic (exact) mass is 698 g/mol. The maximum atomic E-state index is 13.5. The van der Waals surface area contributed by atoms with Crippen molar-refractivity contribution in [3.8, 4) is 5.75 Å². The lowest BCUT2D eigenvalue weighted by Gasteiger charge is -2.51. The SMILES string of the molecule is CO[C@@H](C[C@]1(OC)/C=C/C[C@H](C)[C@@H](C)S(=O)(=O)NC(=O)c2ccc3c(c2)N(CCCCc2cc(Cl)ccc2CO3)C[C@@H]2CC[C@H]21)C1CC1. The van der Waals surface area contributed by atoms with Crippen LogP contribution in [0.25, 0.3) is 0 Å². The molecule has 0 spiro atoms. The lowest BCUT2D eigenvalue weighted by Crippen LogP contribution is -2.52. The number of aryl methyl sites for hydroxylation is 1. The lowest BCUT2D eigenvalue weighted by atomic mass is 9.62. The van der Waals surface area contributed by atoms with Crippen LogP contribution in [0.5, 0.6) is 5.75 Å². The van der Waals surface area contributed by atoms with Gasteiger partial charge in [0.15, 0.2) is 0 Å². The standard InChI is InChI=1S/C38H51ClN2O6S/c1-25-8-7-18-38(46-4,22-36(45-3)27-10-11-27)33-16-13-30(33)23-41-19-6-5-9-28-20-32(39)15-12-31(28)24-47-35-17-14-29(21-34(35)41)37(42)40-48(43,44)26(25)2/h7,12,14-15,17-18,20-21,25-27,30,33,36H,5-6,8-11,13,16,19,22-24H2,1-4H3,(H,40,42)/b18-7+/t25-,26+,30-,33+,36-,38+/m0/s1. The van der Waals surface area contributed by atoms with E-state index in [0.717, 1.165) is 62.9 Å². The molecular formula is C38H51ClN2O6S. The summed E-state index contributed by atoms with van der Waals surface area (Å²) in [5, 5.41) is -0.0626. The molecule has 1 amide bonds. The Morgan fingerprint density at radius 2 is 1.88 bits per heavy atom. The molecule has 2 aromatic carbocycles. The molecule has 2 aliphatic heterocycles. The number of rotatable bonds is 5. The summed E-state index contributed by atoms with van der Waals surface area (Å²) in [6.07, 6.45) is 13.0. The third-order valence-corrected chi connectivity index (χ3v) is 13.7. The van der Waals surface area contributed by atoms with Crippen LogP contribution in [0.1, 0.15) is 86.7 Å². The van der Waals surface area contributed by atoms with E-state index in [0.29, 0.717) is 41.2 Å². The van der Waals surface area contributed by atoms with Gasteiger partial charge in [0.25, 0.3) is 5.91 Å². The molecule has 2 saturated carbocycles. The Hall–Kier alpha value is -2.59. The third kappa shape index (κ3) is 7.59. The molecule has 0 aromatic heterocycles. The van der Waals surface area contributed by atoms with Gasteiger partial charge in [-0.25, -0.2) is 13.1 Å². The van der Waals surface area contributed by atoms with E-state index in [9.17, 15) is 13.2 Å². The first-order chi connectivity index (χ1) is 23.0. The zero-order valence-electron chi connectivity index (χ0n) is 28.8. The molecule has 48 heavy (non-hydrogen) atoms. The summed E-state index contributed by atoms with van der Waals surface area (Å²) in [5.74, 6) is 0.986. The molecule has 1 N–H and O–H groups in total. The van der Waals surface area contributed by atoms with Crippen LogP contribution in [0.2, 0.25) is 5.02 Å². The van der Waals surface area contributed by atoms with Crippen molar-refractivity contribution >= 4 is 33.2 Å². The molecule has 4 aliphatic rings. The Morgan fingerprint density at radius 3 is 2.58 bits per heavy atom. The summed E-state index contributed by atoms with van der Waals surface area (Å²) in [7, 11) is -0.322. The van der Waals surface area contributed by atoms with Gasteiger partial charge in [-0.1, -0.05) is 36.7 Å². The van der Waals surface area contributed by atoms with Gasteiger partial charge in [-0.15, -0.1) is 0 Å². The maximum Gasteiger partial charge on any atom is 0.264 e. The zero-order valence-corrected chi connectivity index (χ0v) is 30.3. The summed E-state index contributed by atoms with van der Waals surface area (Å²) >= 11 is 6.38. The van der Waals surface area contributed by atoms with Crippen LogP contribution in [0.15, 0.2) is 48.6 Å². The average Bonchev–Trinajstić information content (AvgIpc) is 3.90. The second-order valence-electron chi connectivity index (χ2n) is 14.5. The van der Waals surface area contributed by atoms with Gasteiger partial charge in [0.1, 0.15) is 12.4 Å². The molecule has 0 unspecified atom stereocenters. The maximum absolute atomic E-state index is 13.5. The molecule has 8 nitrogen and oxygen atoms in total. The second kappa shape index (κ2) is 14.7. The van der Waals surface area contributed by atoms with Crippen LogP contribution < -0.4 is 14.4 Å². The number of nitrogens with zero attached hydrogens (tertiary/aromatic N) is 1. The van der Waals surface area contributed by atoms with Crippen LogP contribution in [0.4, 0.5) is 5.69 Å². The number of allylic oxidation sites excluding steroid dienone is 1. The van der Waals surface area contributed by atoms with Crippen LogP contribution in [-0.2, 0) is 32.5 Å². The van der Waals surface area contributed by atoms with E-state index < -0.39 is 26.8 Å². The molecular weight excluding hydrogens is 648 g/mol. The van der Waals surface area contributed by atoms with E-state index in [1.165, 1.54) is 18.4 Å². The average molecular weight is 699 g/mol. The number of hydrogen-bond donors (Lipinski definition) is 1. The first-order valence-electron chi connectivity index (χ1n) is 17.6.